The number of hydrogen-bond donors (Lipinski definition) is 3. The van der Waals surface area contributed by atoms with Crippen molar-refractivity contribution in [1.82, 2.24) is 10.2 Å². The molecule has 0 atom stereocenters. The summed E-state index contributed by atoms with van der Waals surface area (Å²) in [4.78, 5) is 0. The highest BCUT2D eigenvalue weighted by Crippen LogP contribution is 2.34. The summed E-state index contributed by atoms with van der Waals surface area (Å²) in [5, 5.41) is 14.4. The molecule has 0 amide bonds. The maximum absolute atomic E-state index is 7.22. The van der Waals surface area contributed by atoms with E-state index in [1.807, 2.05) is 6.20 Å². The quantitative estimate of drug-likeness (QED) is 0.520. The lowest BCUT2D eigenvalue weighted by atomic mass is 9.98. The Morgan fingerprint density at radius 1 is 1.53 bits per heavy atom. The minimum absolute atomic E-state index is 0.258. The van der Waals surface area contributed by atoms with Gasteiger partial charge in [0.15, 0.2) is 0 Å². The van der Waals surface area contributed by atoms with Gasteiger partial charge in [-0.2, -0.15) is 5.10 Å². The zero-order chi connectivity index (χ0) is 10.7. The first-order chi connectivity index (χ1) is 7.27. The lowest BCUT2D eigenvalue weighted by Gasteiger charge is -2.09. The maximum atomic E-state index is 7.22. The summed E-state index contributed by atoms with van der Waals surface area (Å²) in [5.74, 6) is 0.919. The number of aromatic nitrogens is 2. The molecular formula is C11H18N4. The van der Waals surface area contributed by atoms with E-state index in [9.17, 15) is 0 Å². The SMILES string of the molecule is N=C(N)CCc1cn[nH]c1C1CCCC1. The molecule has 1 aromatic rings. The second-order valence-electron chi connectivity index (χ2n) is 4.32. The van der Waals surface area contributed by atoms with E-state index in [-0.39, 0.29) is 5.84 Å². The number of rotatable bonds is 4. The normalized spacial score (nSPS) is 17.1. The molecule has 0 saturated heterocycles. The molecule has 0 aliphatic heterocycles. The lowest BCUT2D eigenvalue weighted by molar-refractivity contribution is 0.683. The molecule has 1 fully saturated rings. The number of nitrogens with one attached hydrogen (secondary N) is 2. The molecule has 1 saturated carbocycles. The van der Waals surface area contributed by atoms with Crippen molar-refractivity contribution >= 4 is 5.84 Å². The number of nitrogens with zero attached hydrogens (tertiary/aromatic N) is 1. The second kappa shape index (κ2) is 4.47. The average Bonchev–Trinajstić information content (AvgIpc) is 2.85. The highest BCUT2D eigenvalue weighted by molar-refractivity contribution is 5.77. The van der Waals surface area contributed by atoms with E-state index in [1.54, 1.807) is 0 Å². The number of H-pyrrole nitrogens is 1. The molecule has 4 nitrogen and oxygen atoms in total. The fourth-order valence-corrected chi connectivity index (χ4v) is 2.36. The van der Waals surface area contributed by atoms with Gasteiger partial charge in [-0.3, -0.25) is 10.5 Å². The van der Waals surface area contributed by atoms with Crippen molar-refractivity contribution in [2.24, 2.45) is 5.73 Å². The molecule has 0 aromatic carbocycles. The summed E-state index contributed by atoms with van der Waals surface area (Å²) in [7, 11) is 0. The third-order valence-electron chi connectivity index (χ3n) is 3.18. The molecule has 15 heavy (non-hydrogen) atoms. The third kappa shape index (κ3) is 2.37. The van der Waals surface area contributed by atoms with Gasteiger partial charge in [-0.05, 0) is 24.8 Å². The monoisotopic (exact) mass is 206 g/mol. The lowest BCUT2D eigenvalue weighted by Crippen LogP contribution is -2.10. The van der Waals surface area contributed by atoms with Crippen LogP contribution in [0.3, 0.4) is 0 Å². The number of hydrogen-bond acceptors (Lipinski definition) is 2. The first-order valence-corrected chi connectivity index (χ1v) is 5.62. The number of amidine groups is 1. The van der Waals surface area contributed by atoms with Crippen LogP contribution in [0.25, 0.3) is 0 Å². The zero-order valence-electron chi connectivity index (χ0n) is 8.92. The van der Waals surface area contributed by atoms with Gasteiger partial charge in [0.05, 0.1) is 12.0 Å². The topological polar surface area (TPSA) is 78.6 Å². The van der Waals surface area contributed by atoms with E-state index in [2.05, 4.69) is 10.2 Å². The third-order valence-corrected chi connectivity index (χ3v) is 3.18. The van der Waals surface area contributed by atoms with Gasteiger partial charge in [0.25, 0.3) is 0 Å². The predicted molar refractivity (Wildman–Crippen MR) is 60.0 cm³/mol. The second-order valence-corrected chi connectivity index (χ2v) is 4.32. The van der Waals surface area contributed by atoms with Crippen molar-refractivity contribution in [3.05, 3.63) is 17.5 Å². The van der Waals surface area contributed by atoms with Crippen LogP contribution < -0.4 is 5.73 Å². The number of aryl methyl sites for hydroxylation is 1. The summed E-state index contributed by atoms with van der Waals surface area (Å²) in [6.45, 7) is 0. The van der Waals surface area contributed by atoms with Crippen LogP contribution in [0.1, 0.15) is 49.3 Å². The molecule has 1 heterocycles. The summed E-state index contributed by atoms with van der Waals surface area (Å²) in [6, 6.07) is 0. The fourth-order valence-electron chi connectivity index (χ4n) is 2.36. The van der Waals surface area contributed by atoms with Crippen LogP contribution in [0, 0.1) is 5.41 Å². The summed E-state index contributed by atoms with van der Waals surface area (Å²) in [6.07, 6.45) is 8.57. The van der Waals surface area contributed by atoms with E-state index < -0.39 is 0 Å². The summed E-state index contributed by atoms with van der Waals surface area (Å²) in [5.41, 5.74) is 7.90. The molecule has 0 radical (unpaired) electrons. The van der Waals surface area contributed by atoms with E-state index in [0.29, 0.717) is 12.3 Å². The largest absolute Gasteiger partial charge is 0.388 e. The molecule has 0 spiro atoms. The van der Waals surface area contributed by atoms with Gasteiger partial charge in [0, 0.05) is 18.0 Å². The van der Waals surface area contributed by atoms with Crippen LogP contribution in [-0.4, -0.2) is 16.0 Å². The van der Waals surface area contributed by atoms with Crippen molar-refractivity contribution in [2.75, 3.05) is 0 Å². The van der Waals surface area contributed by atoms with Crippen LogP contribution in [0.2, 0.25) is 0 Å². The van der Waals surface area contributed by atoms with Gasteiger partial charge in [-0.25, -0.2) is 0 Å². The minimum atomic E-state index is 0.258. The van der Waals surface area contributed by atoms with Gasteiger partial charge < -0.3 is 5.73 Å². The predicted octanol–water partition coefficient (Wildman–Crippen LogP) is 1.94. The molecule has 0 unspecified atom stereocenters. The Morgan fingerprint density at radius 3 is 2.93 bits per heavy atom. The molecule has 4 heteroatoms. The smallest absolute Gasteiger partial charge is 0.0908 e. The zero-order valence-corrected chi connectivity index (χ0v) is 8.92. The number of aromatic amines is 1. The summed E-state index contributed by atoms with van der Waals surface area (Å²) < 4.78 is 0. The van der Waals surface area contributed by atoms with E-state index in [1.165, 1.54) is 36.9 Å². The van der Waals surface area contributed by atoms with Gasteiger partial charge in [-0.15, -0.1) is 0 Å². The minimum Gasteiger partial charge on any atom is -0.388 e. The molecule has 2 rings (SSSR count). The first kappa shape index (κ1) is 10.2. The Hall–Kier alpha value is -1.32. The Balaban J connectivity index is 2.04. The standard InChI is InChI=1S/C11H18N4/c12-10(13)6-5-9-7-14-15-11(9)8-3-1-2-4-8/h7-8H,1-6H2,(H3,12,13)(H,14,15). The van der Waals surface area contributed by atoms with E-state index in [4.69, 9.17) is 11.1 Å². The van der Waals surface area contributed by atoms with Crippen LogP contribution in [0.4, 0.5) is 0 Å². The van der Waals surface area contributed by atoms with Gasteiger partial charge in [-0.1, -0.05) is 12.8 Å². The Bertz CT molecular complexity index is 336. The first-order valence-electron chi connectivity index (χ1n) is 5.62. The molecular weight excluding hydrogens is 188 g/mol. The van der Waals surface area contributed by atoms with Gasteiger partial charge in [0.2, 0.25) is 0 Å². The molecule has 82 valence electrons. The van der Waals surface area contributed by atoms with Gasteiger partial charge >= 0.3 is 0 Å². The molecule has 0 bridgehead atoms. The van der Waals surface area contributed by atoms with Crippen molar-refractivity contribution in [3.8, 4) is 0 Å². The Morgan fingerprint density at radius 2 is 2.27 bits per heavy atom. The average molecular weight is 206 g/mol. The van der Waals surface area contributed by atoms with Crippen molar-refractivity contribution in [1.29, 1.82) is 5.41 Å². The highest BCUT2D eigenvalue weighted by Gasteiger charge is 2.21. The van der Waals surface area contributed by atoms with E-state index in [0.717, 1.165) is 6.42 Å². The summed E-state index contributed by atoms with van der Waals surface area (Å²) >= 11 is 0. The maximum Gasteiger partial charge on any atom is 0.0908 e. The molecule has 1 aromatic heterocycles. The van der Waals surface area contributed by atoms with E-state index >= 15 is 0 Å². The Labute approximate surface area is 89.8 Å². The van der Waals surface area contributed by atoms with Crippen LogP contribution >= 0.6 is 0 Å². The van der Waals surface area contributed by atoms with Crippen LogP contribution in [-0.2, 0) is 6.42 Å². The molecule has 4 N–H and O–H groups in total. The van der Waals surface area contributed by atoms with Crippen molar-refractivity contribution in [2.45, 2.75) is 44.4 Å². The molecule has 1 aliphatic carbocycles. The van der Waals surface area contributed by atoms with Crippen molar-refractivity contribution < 1.29 is 0 Å². The number of nitrogens with two attached hydrogens (primary N) is 1. The van der Waals surface area contributed by atoms with Crippen LogP contribution in [0.15, 0.2) is 6.20 Å². The highest BCUT2D eigenvalue weighted by atomic mass is 15.1. The van der Waals surface area contributed by atoms with Crippen molar-refractivity contribution in [3.63, 3.8) is 0 Å². The fraction of sp³-hybridized carbons (Fsp3) is 0.636. The molecule has 1 aliphatic rings. The Kier molecular flexibility index (Phi) is 3.04. The van der Waals surface area contributed by atoms with Crippen LogP contribution in [0.5, 0.6) is 0 Å². The van der Waals surface area contributed by atoms with Gasteiger partial charge in [0.1, 0.15) is 0 Å².